The number of likely N-dealkylation sites (tertiary alicyclic amines) is 1. The van der Waals surface area contributed by atoms with Gasteiger partial charge in [-0.15, -0.1) is 0 Å². The van der Waals surface area contributed by atoms with E-state index in [9.17, 15) is 14.4 Å². The summed E-state index contributed by atoms with van der Waals surface area (Å²) in [4.78, 5) is 49.7. The number of amides is 3. The molecule has 182 valence electrons. The average molecular weight is 476 g/mol. The van der Waals surface area contributed by atoms with Crippen LogP contribution in [-0.4, -0.2) is 68.8 Å². The molecule has 1 aromatic carbocycles. The van der Waals surface area contributed by atoms with Crippen molar-refractivity contribution in [3.05, 3.63) is 53.6 Å². The summed E-state index contributed by atoms with van der Waals surface area (Å²) >= 11 is 0. The minimum absolute atomic E-state index is 0.0998. The number of carbonyl (C=O) groups is 3. The number of hydrogen-bond acceptors (Lipinski definition) is 7. The van der Waals surface area contributed by atoms with Crippen LogP contribution in [0.2, 0.25) is 0 Å². The van der Waals surface area contributed by atoms with Gasteiger partial charge < -0.3 is 9.64 Å². The zero-order chi connectivity index (χ0) is 23.9. The van der Waals surface area contributed by atoms with E-state index in [0.717, 1.165) is 49.5 Å². The number of aromatic nitrogens is 2. The van der Waals surface area contributed by atoms with Crippen molar-refractivity contribution in [3.63, 3.8) is 0 Å². The van der Waals surface area contributed by atoms with Crippen LogP contribution in [-0.2, 0) is 16.1 Å². The van der Waals surface area contributed by atoms with Crippen LogP contribution in [0, 0.1) is 0 Å². The van der Waals surface area contributed by atoms with Gasteiger partial charge in [-0.25, -0.2) is 9.97 Å². The third kappa shape index (κ3) is 4.18. The summed E-state index contributed by atoms with van der Waals surface area (Å²) in [6.07, 6.45) is 8.79. The molecule has 9 nitrogen and oxygen atoms in total. The first-order valence-electron chi connectivity index (χ1n) is 12.5. The van der Waals surface area contributed by atoms with E-state index >= 15 is 0 Å². The van der Waals surface area contributed by atoms with E-state index in [1.807, 2.05) is 24.3 Å². The Bertz CT molecular complexity index is 1150. The second kappa shape index (κ2) is 9.03. The van der Waals surface area contributed by atoms with Crippen LogP contribution in [0.4, 0.5) is 0 Å². The Balaban J connectivity index is 1.12. The molecular weight excluding hydrogens is 446 g/mol. The predicted molar refractivity (Wildman–Crippen MR) is 126 cm³/mol. The normalized spacial score (nSPS) is 27.4. The van der Waals surface area contributed by atoms with Gasteiger partial charge in [-0.05, 0) is 55.5 Å². The third-order valence-corrected chi connectivity index (χ3v) is 7.78. The average Bonchev–Trinajstić information content (AvgIpc) is 3.15. The molecule has 4 heterocycles. The Morgan fingerprint density at radius 1 is 1.00 bits per heavy atom. The summed E-state index contributed by atoms with van der Waals surface area (Å²) in [6.45, 7) is 2.26. The molecule has 3 amide bonds. The molecule has 1 saturated carbocycles. The van der Waals surface area contributed by atoms with E-state index in [2.05, 4.69) is 20.2 Å². The largest absolute Gasteiger partial charge is 0.489 e. The summed E-state index contributed by atoms with van der Waals surface area (Å²) in [6, 6.07) is 7.22. The molecule has 0 radical (unpaired) electrons. The van der Waals surface area contributed by atoms with Crippen molar-refractivity contribution in [2.24, 2.45) is 0 Å². The SMILES string of the molecule is O=C1CCC(N2Cc3cc(OC4CCCCC4N4CC(c5ncccn5)C4)ccc3C2=O)C(=O)N1. The molecule has 1 aliphatic carbocycles. The van der Waals surface area contributed by atoms with E-state index in [4.69, 9.17) is 4.74 Å². The van der Waals surface area contributed by atoms with Crippen LogP contribution >= 0.6 is 0 Å². The maximum Gasteiger partial charge on any atom is 0.255 e. The molecule has 3 atom stereocenters. The van der Waals surface area contributed by atoms with Crippen molar-refractivity contribution < 1.29 is 19.1 Å². The van der Waals surface area contributed by atoms with Crippen molar-refractivity contribution in [1.82, 2.24) is 25.1 Å². The van der Waals surface area contributed by atoms with Gasteiger partial charge in [-0.3, -0.25) is 24.6 Å². The summed E-state index contributed by atoms with van der Waals surface area (Å²) in [5.41, 5.74) is 1.48. The van der Waals surface area contributed by atoms with Crippen LogP contribution in [0.25, 0.3) is 0 Å². The minimum Gasteiger partial charge on any atom is -0.489 e. The molecule has 1 aromatic heterocycles. The van der Waals surface area contributed by atoms with E-state index < -0.39 is 11.9 Å². The van der Waals surface area contributed by atoms with Gasteiger partial charge in [-0.1, -0.05) is 6.42 Å². The number of hydrogen-bond donors (Lipinski definition) is 1. The summed E-state index contributed by atoms with van der Waals surface area (Å²) in [5, 5.41) is 2.35. The number of ether oxygens (including phenoxy) is 1. The predicted octanol–water partition coefficient (Wildman–Crippen LogP) is 2.03. The molecule has 9 heteroatoms. The van der Waals surface area contributed by atoms with Crippen LogP contribution in [0.5, 0.6) is 5.75 Å². The van der Waals surface area contributed by atoms with Crippen LogP contribution < -0.4 is 10.1 Å². The molecule has 35 heavy (non-hydrogen) atoms. The van der Waals surface area contributed by atoms with Gasteiger partial charge in [-0.2, -0.15) is 0 Å². The second-order valence-corrected chi connectivity index (χ2v) is 9.98. The van der Waals surface area contributed by atoms with Gasteiger partial charge in [0.2, 0.25) is 11.8 Å². The molecule has 0 bridgehead atoms. The highest BCUT2D eigenvalue weighted by atomic mass is 16.5. The highest BCUT2D eigenvalue weighted by Gasteiger charge is 2.41. The zero-order valence-electron chi connectivity index (χ0n) is 19.6. The van der Waals surface area contributed by atoms with Gasteiger partial charge in [0, 0.05) is 56.0 Å². The smallest absolute Gasteiger partial charge is 0.255 e. The zero-order valence-corrected chi connectivity index (χ0v) is 19.6. The topological polar surface area (TPSA) is 105 Å². The van der Waals surface area contributed by atoms with E-state index in [1.165, 1.54) is 6.42 Å². The lowest BCUT2D eigenvalue weighted by atomic mass is 9.86. The number of rotatable bonds is 5. The van der Waals surface area contributed by atoms with Crippen LogP contribution in [0.1, 0.15) is 66.2 Å². The number of imide groups is 1. The fourth-order valence-corrected chi connectivity index (χ4v) is 5.90. The minimum atomic E-state index is -0.604. The van der Waals surface area contributed by atoms with Gasteiger partial charge in [0.15, 0.2) is 0 Å². The molecule has 1 N–H and O–H groups in total. The maximum absolute atomic E-state index is 13.0. The number of benzene rings is 1. The maximum atomic E-state index is 13.0. The fraction of sp³-hybridized carbons (Fsp3) is 0.500. The van der Waals surface area contributed by atoms with Crippen molar-refractivity contribution in [1.29, 1.82) is 0 Å². The second-order valence-electron chi connectivity index (χ2n) is 9.98. The summed E-state index contributed by atoms with van der Waals surface area (Å²) < 4.78 is 6.52. The molecule has 2 saturated heterocycles. The van der Waals surface area contributed by atoms with Gasteiger partial charge in [0.25, 0.3) is 5.91 Å². The van der Waals surface area contributed by atoms with Crippen LogP contribution in [0.3, 0.4) is 0 Å². The molecule has 3 unspecified atom stereocenters. The molecule has 4 aliphatic rings. The lowest BCUT2D eigenvalue weighted by Crippen LogP contribution is -2.57. The standard InChI is InChI=1S/C26H29N5O4/c32-23-9-8-21(25(33)29-23)31-15-16-12-18(6-7-19(16)26(31)34)35-22-5-2-1-4-20(22)30-13-17(14-30)24-27-10-3-11-28-24/h3,6-7,10-12,17,20-22H,1-2,4-5,8-9,13-15H2,(H,29,32,33). The Morgan fingerprint density at radius 2 is 1.80 bits per heavy atom. The molecule has 3 fully saturated rings. The Hall–Kier alpha value is -3.33. The van der Waals surface area contributed by atoms with Gasteiger partial charge in [0.05, 0.1) is 0 Å². The van der Waals surface area contributed by atoms with Gasteiger partial charge >= 0.3 is 0 Å². The number of nitrogens with one attached hydrogen (secondary N) is 1. The first-order valence-corrected chi connectivity index (χ1v) is 12.5. The van der Waals surface area contributed by atoms with Crippen molar-refractivity contribution in [3.8, 4) is 5.75 Å². The lowest BCUT2D eigenvalue weighted by molar-refractivity contribution is -0.136. The molecule has 6 rings (SSSR count). The molecule has 3 aliphatic heterocycles. The monoisotopic (exact) mass is 475 g/mol. The highest BCUT2D eigenvalue weighted by molar-refractivity contribution is 6.05. The van der Waals surface area contributed by atoms with Crippen LogP contribution in [0.15, 0.2) is 36.7 Å². The van der Waals surface area contributed by atoms with E-state index in [-0.39, 0.29) is 24.3 Å². The number of piperidine rings is 1. The highest BCUT2D eigenvalue weighted by Crippen LogP contribution is 2.36. The van der Waals surface area contributed by atoms with Gasteiger partial charge in [0.1, 0.15) is 23.7 Å². The molecular formula is C26H29N5O4. The molecule has 0 spiro atoms. The van der Waals surface area contributed by atoms with Crippen molar-refractivity contribution in [2.75, 3.05) is 13.1 Å². The summed E-state index contributed by atoms with van der Waals surface area (Å²) in [5.74, 6) is 1.23. The molecule has 2 aromatic rings. The third-order valence-electron chi connectivity index (χ3n) is 7.78. The Morgan fingerprint density at radius 3 is 2.60 bits per heavy atom. The van der Waals surface area contributed by atoms with Crippen molar-refractivity contribution in [2.45, 2.75) is 69.2 Å². The van der Waals surface area contributed by atoms with E-state index in [1.54, 1.807) is 17.3 Å². The quantitative estimate of drug-likeness (QED) is 0.660. The Kier molecular flexibility index (Phi) is 5.72. The van der Waals surface area contributed by atoms with Crippen molar-refractivity contribution >= 4 is 17.7 Å². The first-order chi connectivity index (χ1) is 17.1. The lowest BCUT2D eigenvalue weighted by Gasteiger charge is -2.47. The van der Waals surface area contributed by atoms with E-state index in [0.29, 0.717) is 30.5 Å². The number of fused-ring (bicyclic) bond motifs is 1. The number of nitrogens with zero attached hydrogens (tertiary/aromatic N) is 4. The number of carbonyl (C=O) groups excluding carboxylic acids is 3. The first kappa shape index (κ1) is 22.2. The summed E-state index contributed by atoms with van der Waals surface area (Å²) in [7, 11) is 0. The fourth-order valence-electron chi connectivity index (χ4n) is 5.90. The Labute approximate surface area is 203 Å².